The lowest BCUT2D eigenvalue weighted by Crippen LogP contribution is -2.10. The van der Waals surface area contributed by atoms with Crippen LogP contribution < -0.4 is 5.73 Å². The van der Waals surface area contributed by atoms with E-state index in [1.165, 1.54) is 0 Å². The molecule has 1 unspecified atom stereocenters. The van der Waals surface area contributed by atoms with E-state index in [9.17, 15) is 4.79 Å². The number of carbonyl (C=O) groups excluding carboxylic acids is 1. The van der Waals surface area contributed by atoms with Gasteiger partial charge in [0.05, 0.1) is 13.0 Å². The summed E-state index contributed by atoms with van der Waals surface area (Å²) in [5.74, 6) is -0.166. The summed E-state index contributed by atoms with van der Waals surface area (Å²) in [4.78, 5) is 12.3. The Morgan fingerprint density at radius 3 is 2.94 bits per heavy atom. The van der Waals surface area contributed by atoms with Crippen LogP contribution >= 0.6 is 27.7 Å². The van der Waals surface area contributed by atoms with Gasteiger partial charge >= 0.3 is 5.97 Å². The van der Waals surface area contributed by atoms with Crippen molar-refractivity contribution >= 4 is 39.3 Å². The maximum atomic E-state index is 11.3. The van der Waals surface area contributed by atoms with Gasteiger partial charge in [-0.25, -0.2) is 0 Å². The molecule has 0 radical (unpaired) electrons. The second-order valence-corrected chi connectivity index (χ2v) is 6.02. The van der Waals surface area contributed by atoms with Gasteiger partial charge in [-0.15, -0.1) is 11.8 Å². The van der Waals surface area contributed by atoms with Crippen molar-refractivity contribution in [3.8, 4) is 0 Å². The average molecular weight is 318 g/mol. The van der Waals surface area contributed by atoms with E-state index in [1.54, 1.807) is 11.8 Å². The van der Waals surface area contributed by atoms with Crippen LogP contribution in [0.15, 0.2) is 27.6 Å². The highest BCUT2D eigenvalue weighted by atomic mass is 79.9. The van der Waals surface area contributed by atoms with Crippen molar-refractivity contribution in [3.63, 3.8) is 0 Å². The van der Waals surface area contributed by atoms with Crippen LogP contribution in [0.3, 0.4) is 0 Å². The molecule has 1 rings (SSSR count). The number of hydrogen-bond acceptors (Lipinski definition) is 4. The minimum absolute atomic E-state index is 0.144. The van der Waals surface area contributed by atoms with Gasteiger partial charge in [-0.05, 0) is 25.1 Å². The van der Waals surface area contributed by atoms with Gasteiger partial charge in [-0.2, -0.15) is 0 Å². The summed E-state index contributed by atoms with van der Waals surface area (Å²) < 4.78 is 5.90. The number of nitrogens with two attached hydrogens (primary N) is 1. The van der Waals surface area contributed by atoms with Crippen LogP contribution in [-0.2, 0) is 9.53 Å². The molecule has 5 heteroatoms. The normalized spacial score (nSPS) is 12.2. The molecule has 1 aromatic carbocycles. The molecular formula is C12H16BrNO2S. The molecule has 0 fully saturated rings. The number of thioether (sulfide) groups is 1. The first-order valence-electron chi connectivity index (χ1n) is 5.40. The molecule has 0 aliphatic heterocycles. The summed E-state index contributed by atoms with van der Waals surface area (Å²) in [6.07, 6.45) is 0.393. The second-order valence-electron chi connectivity index (χ2n) is 3.62. The van der Waals surface area contributed by atoms with Crippen molar-refractivity contribution in [2.24, 2.45) is 0 Å². The Labute approximate surface area is 114 Å². The molecule has 17 heavy (non-hydrogen) atoms. The summed E-state index contributed by atoms with van der Waals surface area (Å²) in [6, 6.07) is 5.71. The summed E-state index contributed by atoms with van der Waals surface area (Å²) >= 11 is 4.98. The first kappa shape index (κ1) is 14.4. The molecule has 0 heterocycles. The molecule has 0 aliphatic rings. The predicted molar refractivity (Wildman–Crippen MR) is 75.1 cm³/mol. The number of nitrogen functional groups attached to an aromatic ring is 1. The van der Waals surface area contributed by atoms with Gasteiger partial charge in [0.15, 0.2) is 0 Å². The van der Waals surface area contributed by atoms with Gasteiger partial charge in [0.1, 0.15) is 0 Å². The Bertz CT molecular complexity index is 398. The fourth-order valence-corrected chi connectivity index (χ4v) is 2.89. The van der Waals surface area contributed by atoms with E-state index >= 15 is 0 Å². The lowest BCUT2D eigenvalue weighted by atomic mass is 10.3. The van der Waals surface area contributed by atoms with Gasteiger partial charge in [-0.1, -0.05) is 22.9 Å². The van der Waals surface area contributed by atoms with Crippen LogP contribution in [0.4, 0.5) is 5.69 Å². The summed E-state index contributed by atoms with van der Waals surface area (Å²) in [5, 5.41) is 0.144. The zero-order chi connectivity index (χ0) is 12.8. The Kier molecular flexibility index (Phi) is 5.85. The number of benzene rings is 1. The third kappa shape index (κ3) is 5.00. The molecule has 0 bridgehead atoms. The number of hydrogen-bond donors (Lipinski definition) is 1. The molecule has 3 nitrogen and oxygen atoms in total. The quantitative estimate of drug-likeness (QED) is 0.513. The fourth-order valence-electron chi connectivity index (χ4n) is 1.32. The topological polar surface area (TPSA) is 52.3 Å². The van der Waals surface area contributed by atoms with Gasteiger partial charge in [0.2, 0.25) is 0 Å². The van der Waals surface area contributed by atoms with E-state index in [0.29, 0.717) is 13.0 Å². The SMILES string of the molecule is CCOC(=O)CC(C)Sc1cc(Br)ccc1N. The van der Waals surface area contributed by atoms with E-state index in [2.05, 4.69) is 15.9 Å². The molecule has 1 aromatic rings. The number of halogens is 1. The summed E-state index contributed by atoms with van der Waals surface area (Å²) in [6.45, 7) is 4.22. The van der Waals surface area contributed by atoms with E-state index in [0.717, 1.165) is 15.1 Å². The number of anilines is 1. The third-order valence-corrected chi connectivity index (χ3v) is 3.73. The number of rotatable bonds is 5. The first-order valence-corrected chi connectivity index (χ1v) is 7.07. The van der Waals surface area contributed by atoms with Crippen LogP contribution in [0.1, 0.15) is 20.3 Å². The molecule has 0 aromatic heterocycles. The monoisotopic (exact) mass is 317 g/mol. The lowest BCUT2D eigenvalue weighted by molar-refractivity contribution is -0.142. The summed E-state index contributed by atoms with van der Waals surface area (Å²) in [5.41, 5.74) is 6.60. The molecule has 2 N–H and O–H groups in total. The Morgan fingerprint density at radius 2 is 2.29 bits per heavy atom. The van der Waals surface area contributed by atoms with E-state index in [4.69, 9.17) is 10.5 Å². The van der Waals surface area contributed by atoms with Gasteiger partial charge in [-0.3, -0.25) is 4.79 Å². The van der Waals surface area contributed by atoms with Crippen molar-refractivity contribution in [1.82, 2.24) is 0 Å². The van der Waals surface area contributed by atoms with Crippen LogP contribution in [-0.4, -0.2) is 17.8 Å². The maximum Gasteiger partial charge on any atom is 0.306 e. The molecule has 1 atom stereocenters. The number of ether oxygens (including phenoxy) is 1. The zero-order valence-electron chi connectivity index (χ0n) is 9.90. The first-order chi connectivity index (χ1) is 8.02. The average Bonchev–Trinajstić information content (AvgIpc) is 2.23. The van der Waals surface area contributed by atoms with Gasteiger partial charge in [0, 0.05) is 20.3 Å². The molecule has 0 spiro atoms. The fraction of sp³-hybridized carbons (Fsp3) is 0.417. The standard InChI is InChI=1S/C12H16BrNO2S/c1-3-16-12(15)6-8(2)17-11-7-9(13)4-5-10(11)14/h4-5,7-8H,3,6,14H2,1-2H3. The largest absolute Gasteiger partial charge is 0.466 e. The summed E-state index contributed by atoms with van der Waals surface area (Å²) in [7, 11) is 0. The molecule has 94 valence electrons. The Hall–Kier alpha value is -0.680. The van der Waals surface area contributed by atoms with E-state index in [-0.39, 0.29) is 11.2 Å². The molecule has 0 saturated heterocycles. The minimum atomic E-state index is -0.166. The van der Waals surface area contributed by atoms with Crippen molar-refractivity contribution in [1.29, 1.82) is 0 Å². The van der Waals surface area contributed by atoms with Crippen LogP contribution in [0.2, 0.25) is 0 Å². The maximum absolute atomic E-state index is 11.3. The van der Waals surface area contributed by atoms with Crippen LogP contribution in [0.25, 0.3) is 0 Å². The van der Waals surface area contributed by atoms with E-state index < -0.39 is 0 Å². The number of esters is 1. The van der Waals surface area contributed by atoms with Gasteiger partial charge in [0.25, 0.3) is 0 Å². The Balaban J connectivity index is 2.58. The number of carbonyl (C=O) groups is 1. The predicted octanol–water partition coefficient (Wildman–Crippen LogP) is 3.47. The van der Waals surface area contributed by atoms with E-state index in [1.807, 2.05) is 32.0 Å². The van der Waals surface area contributed by atoms with Crippen LogP contribution in [0, 0.1) is 0 Å². The molecule has 0 amide bonds. The van der Waals surface area contributed by atoms with Crippen molar-refractivity contribution in [3.05, 3.63) is 22.7 Å². The van der Waals surface area contributed by atoms with Crippen molar-refractivity contribution in [2.45, 2.75) is 30.4 Å². The highest BCUT2D eigenvalue weighted by Gasteiger charge is 2.12. The third-order valence-electron chi connectivity index (χ3n) is 2.06. The highest BCUT2D eigenvalue weighted by Crippen LogP contribution is 2.32. The molecular weight excluding hydrogens is 302 g/mol. The lowest BCUT2D eigenvalue weighted by Gasteiger charge is -2.12. The van der Waals surface area contributed by atoms with Gasteiger partial charge < -0.3 is 10.5 Å². The Morgan fingerprint density at radius 1 is 1.59 bits per heavy atom. The zero-order valence-corrected chi connectivity index (χ0v) is 12.3. The van der Waals surface area contributed by atoms with Crippen molar-refractivity contribution in [2.75, 3.05) is 12.3 Å². The highest BCUT2D eigenvalue weighted by molar-refractivity contribution is 9.10. The van der Waals surface area contributed by atoms with Crippen molar-refractivity contribution < 1.29 is 9.53 Å². The minimum Gasteiger partial charge on any atom is -0.466 e. The molecule has 0 saturated carbocycles. The van der Waals surface area contributed by atoms with Crippen LogP contribution in [0.5, 0.6) is 0 Å². The smallest absolute Gasteiger partial charge is 0.306 e. The molecule has 0 aliphatic carbocycles. The second kappa shape index (κ2) is 6.91.